The summed E-state index contributed by atoms with van der Waals surface area (Å²) in [5, 5.41) is 8.85. The zero-order chi connectivity index (χ0) is 13.2. The van der Waals surface area contributed by atoms with Crippen LogP contribution in [0.25, 0.3) is 0 Å². The SMILES string of the molecule is CC(C)(C(=O)O)S(=O)Cc1cccc(F)c1F. The third-order valence-corrected chi connectivity index (χ3v) is 4.29. The molecule has 0 aliphatic heterocycles. The Labute approximate surface area is 99.9 Å². The number of rotatable bonds is 4. The fourth-order valence-electron chi connectivity index (χ4n) is 1.08. The van der Waals surface area contributed by atoms with Crippen LogP contribution in [0.5, 0.6) is 0 Å². The number of hydrogen-bond acceptors (Lipinski definition) is 2. The fraction of sp³-hybridized carbons (Fsp3) is 0.364. The van der Waals surface area contributed by atoms with E-state index >= 15 is 0 Å². The van der Waals surface area contributed by atoms with Crippen molar-refractivity contribution in [3.8, 4) is 0 Å². The van der Waals surface area contributed by atoms with Gasteiger partial charge in [-0.15, -0.1) is 0 Å². The molecule has 1 rings (SSSR count). The van der Waals surface area contributed by atoms with Crippen molar-refractivity contribution in [3.05, 3.63) is 35.4 Å². The van der Waals surface area contributed by atoms with Gasteiger partial charge in [0.1, 0.15) is 4.75 Å². The third kappa shape index (κ3) is 2.88. The topological polar surface area (TPSA) is 54.4 Å². The molecule has 0 bridgehead atoms. The summed E-state index contributed by atoms with van der Waals surface area (Å²) in [7, 11) is -1.84. The van der Waals surface area contributed by atoms with Crippen molar-refractivity contribution in [3.63, 3.8) is 0 Å². The van der Waals surface area contributed by atoms with Gasteiger partial charge in [0.2, 0.25) is 0 Å². The second kappa shape index (κ2) is 4.91. The Hall–Kier alpha value is -1.30. The molecule has 0 saturated heterocycles. The first-order valence-corrected chi connectivity index (χ1v) is 6.13. The van der Waals surface area contributed by atoms with Gasteiger partial charge in [0, 0.05) is 16.4 Å². The standard InChI is InChI=1S/C11H12F2O3S/c1-11(2,10(14)15)17(16)6-7-4-3-5-8(12)9(7)13/h3-5H,6H2,1-2H3,(H,14,15). The number of aliphatic carboxylic acids is 1. The van der Waals surface area contributed by atoms with Gasteiger partial charge in [0.15, 0.2) is 11.6 Å². The van der Waals surface area contributed by atoms with E-state index in [0.29, 0.717) is 0 Å². The first-order valence-electron chi connectivity index (χ1n) is 4.81. The van der Waals surface area contributed by atoms with E-state index in [1.807, 2.05) is 0 Å². The molecule has 1 N–H and O–H groups in total. The highest BCUT2D eigenvalue weighted by Gasteiger charge is 2.34. The smallest absolute Gasteiger partial charge is 0.321 e. The number of halogens is 2. The van der Waals surface area contributed by atoms with Gasteiger partial charge < -0.3 is 5.11 Å². The quantitative estimate of drug-likeness (QED) is 0.903. The van der Waals surface area contributed by atoms with Crippen molar-refractivity contribution < 1.29 is 22.9 Å². The average molecular weight is 262 g/mol. The molecule has 1 unspecified atom stereocenters. The lowest BCUT2D eigenvalue weighted by Gasteiger charge is -2.18. The van der Waals surface area contributed by atoms with Gasteiger partial charge in [-0.25, -0.2) is 8.78 Å². The van der Waals surface area contributed by atoms with Crippen LogP contribution in [-0.4, -0.2) is 20.0 Å². The summed E-state index contributed by atoms with van der Waals surface area (Å²) in [5.74, 6) is -3.69. The highest BCUT2D eigenvalue weighted by Crippen LogP contribution is 2.20. The van der Waals surface area contributed by atoms with Gasteiger partial charge in [0.25, 0.3) is 0 Å². The molecule has 1 aromatic rings. The van der Waals surface area contributed by atoms with Gasteiger partial charge in [0.05, 0.1) is 5.75 Å². The number of carbonyl (C=O) groups is 1. The molecule has 3 nitrogen and oxygen atoms in total. The molecule has 17 heavy (non-hydrogen) atoms. The maximum Gasteiger partial charge on any atom is 0.321 e. The van der Waals surface area contributed by atoms with E-state index in [-0.39, 0.29) is 11.3 Å². The first-order chi connectivity index (χ1) is 7.76. The molecule has 94 valence electrons. The van der Waals surface area contributed by atoms with E-state index in [1.54, 1.807) is 0 Å². The van der Waals surface area contributed by atoms with Crippen molar-refractivity contribution in [2.75, 3.05) is 0 Å². The Morgan fingerprint density at radius 3 is 2.53 bits per heavy atom. The van der Waals surface area contributed by atoms with Crippen LogP contribution in [0, 0.1) is 11.6 Å². The largest absolute Gasteiger partial charge is 0.480 e. The summed E-state index contributed by atoms with van der Waals surface area (Å²) in [6.45, 7) is 2.56. The molecule has 0 radical (unpaired) electrons. The number of benzene rings is 1. The molecule has 0 aromatic heterocycles. The number of hydrogen-bond donors (Lipinski definition) is 1. The molecule has 1 atom stereocenters. The fourth-order valence-corrected chi connectivity index (χ4v) is 2.14. The molecular weight excluding hydrogens is 250 g/mol. The molecular formula is C11H12F2O3S. The minimum atomic E-state index is -1.84. The van der Waals surface area contributed by atoms with Crippen LogP contribution in [0.3, 0.4) is 0 Å². The highest BCUT2D eigenvalue weighted by atomic mass is 32.2. The van der Waals surface area contributed by atoms with Crippen molar-refractivity contribution in [2.24, 2.45) is 0 Å². The molecule has 0 aliphatic carbocycles. The van der Waals surface area contributed by atoms with Gasteiger partial charge in [-0.05, 0) is 19.9 Å². The summed E-state index contributed by atoms with van der Waals surface area (Å²) in [4.78, 5) is 10.8. The summed E-state index contributed by atoms with van der Waals surface area (Å²) in [6, 6.07) is 3.52. The van der Waals surface area contributed by atoms with Gasteiger partial charge in [-0.3, -0.25) is 9.00 Å². The molecule has 0 heterocycles. The van der Waals surface area contributed by atoms with Crippen LogP contribution < -0.4 is 0 Å². The predicted octanol–water partition coefficient (Wildman–Crippen LogP) is 2.08. The molecule has 0 fully saturated rings. The minimum Gasteiger partial charge on any atom is -0.480 e. The molecule has 0 amide bonds. The van der Waals surface area contributed by atoms with E-state index in [1.165, 1.54) is 26.0 Å². The Morgan fingerprint density at radius 1 is 1.41 bits per heavy atom. The van der Waals surface area contributed by atoms with Crippen LogP contribution in [-0.2, 0) is 21.3 Å². The van der Waals surface area contributed by atoms with Crippen LogP contribution in [0.15, 0.2) is 18.2 Å². The summed E-state index contributed by atoms with van der Waals surface area (Å²) in [5.41, 5.74) is -0.0855. The Balaban J connectivity index is 2.97. The van der Waals surface area contributed by atoms with E-state index in [9.17, 15) is 17.8 Å². The monoisotopic (exact) mass is 262 g/mol. The molecule has 0 saturated carbocycles. The first kappa shape index (κ1) is 13.8. The van der Waals surface area contributed by atoms with Crippen LogP contribution in [0.2, 0.25) is 0 Å². The van der Waals surface area contributed by atoms with E-state index in [4.69, 9.17) is 5.11 Å². The lowest BCUT2D eigenvalue weighted by Crippen LogP contribution is -2.37. The Morgan fingerprint density at radius 2 is 2.00 bits per heavy atom. The minimum absolute atomic E-state index is 0.0855. The second-order valence-electron chi connectivity index (χ2n) is 4.02. The molecule has 0 spiro atoms. The molecule has 0 aliphatic rings. The van der Waals surface area contributed by atoms with E-state index < -0.39 is 33.2 Å². The summed E-state index contributed by atoms with van der Waals surface area (Å²) >= 11 is 0. The van der Waals surface area contributed by atoms with Crippen molar-refractivity contribution in [1.82, 2.24) is 0 Å². The number of carboxylic acid groups (broad SMARTS) is 1. The lowest BCUT2D eigenvalue weighted by atomic mass is 10.2. The average Bonchev–Trinajstić information content (AvgIpc) is 2.24. The van der Waals surface area contributed by atoms with Crippen molar-refractivity contribution in [2.45, 2.75) is 24.3 Å². The predicted molar refractivity (Wildman–Crippen MR) is 59.9 cm³/mol. The summed E-state index contributed by atoms with van der Waals surface area (Å²) < 4.78 is 36.5. The van der Waals surface area contributed by atoms with Gasteiger partial charge in [-0.1, -0.05) is 12.1 Å². The molecule has 1 aromatic carbocycles. The Kier molecular flexibility index (Phi) is 3.98. The lowest BCUT2D eigenvalue weighted by molar-refractivity contribution is -0.139. The Bertz CT molecular complexity index is 472. The van der Waals surface area contributed by atoms with Crippen LogP contribution >= 0.6 is 0 Å². The normalized spacial score (nSPS) is 13.4. The van der Waals surface area contributed by atoms with Crippen LogP contribution in [0.1, 0.15) is 19.4 Å². The summed E-state index contributed by atoms with van der Waals surface area (Å²) in [6.07, 6.45) is 0. The van der Waals surface area contributed by atoms with E-state index in [2.05, 4.69) is 0 Å². The zero-order valence-corrected chi connectivity index (χ0v) is 10.2. The zero-order valence-electron chi connectivity index (χ0n) is 9.37. The third-order valence-electron chi connectivity index (χ3n) is 2.40. The maximum atomic E-state index is 13.3. The molecule has 6 heteroatoms. The van der Waals surface area contributed by atoms with Crippen molar-refractivity contribution in [1.29, 1.82) is 0 Å². The van der Waals surface area contributed by atoms with Gasteiger partial charge >= 0.3 is 5.97 Å². The van der Waals surface area contributed by atoms with Crippen molar-refractivity contribution >= 4 is 16.8 Å². The van der Waals surface area contributed by atoms with Crippen LogP contribution in [0.4, 0.5) is 8.78 Å². The number of carboxylic acids is 1. The highest BCUT2D eigenvalue weighted by molar-refractivity contribution is 7.86. The van der Waals surface area contributed by atoms with E-state index in [0.717, 1.165) is 6.07 Å². The second-order valence-corrected chi connectivity index (χ2v) is 6.02. The maximum absolute atomic E-state index is 13.3. The van der Waals surface area contributed by atoms with Gasteiger partial charge in [-0.2, -0.15) is 0 Å².